The van der Waals surface area contributed by atoms with Crippen LogP contribution in [0.5, 0.6) is 0 Å². The second-order valence-corrected chi connectivity index (χ2v) is 6.20. The number of hydrogen-bond acceptors (Lipinski definition) is 5. The lowest BCUT2D eigenvalue weighted by atomic mass is 10.1. The summed E-state index contributed by atoms with van der Waals surface area (Å²) in [5.41, 5.74) is 2.74. The van der Waals surface area contributed by atoms with E-state index in [0.29, 0.717) is 37.3 Å². The zero-order chi connectivity index (χ0) is 17.9. The molecule has 1 aromatic carbocycles. The van der Waals surface area contributed by atoms with Crippen molar-refractivity contribution < 1.29 is 9.59 Å². The van der Waals surface area contributed by atoms with Gasteiger partial charge in [-0.05, 0) is 30.3 Å². The number of pyridine rings is 1. The fourth-order valence-corrected chi connectivity index (χ4v) is 3.08. The third-order valence-electron chi connectivity index (χ3n) is 4.54. The predicted molar refractivity (Wildman–Crippen MR) is 94.3 cm³/mol. The molecule has 2 aromatic heterocycles. The van der Waals surface area contributed by atoms with Crippen LogP contribution in [0.2, 0.25) is 0 Å². The maximum absolute atomic E-state index is 12.7. The van der Waals surface area contributed by atoms with Crippen molar-refractivity contribution in [2.45, 2.75) is 6.42 Å². The van der Waals surface area contributed by atoms with Crippen LogP contribution < -0.4 is 0 Å². The molecule has 132 valence electrons. The van der Waals surface area contributed by atoms with Crippen LogP contribution in [0.4, 0.5) is 0 Å². The molecule has 1 saturated heterocycles. The molecule has 26 heavy (non-hydrogen) atoms. The maximum atomic E-state index is 12.7. The van der Waals surface area contributed by atoms with Crippen LogP contribution >= 0.6 is 0 Å². The van der Waals surface area contributed by atoms with Crippen molar-refractivity contribution in [1.82, 2.24) is 30.2 Å². The summed E-state index contributed by atoms with van der Waals surface area (Å²) in [4.78, 5) is 32.8. The first-order chi connectivity index (χ1) is 12.7. The summed E-state index contributed by atoms with van der Waals surface area (Å²) in [6.45, 7) is 2.10. The van der Waals surface area contributed by atoms with Crippen LogP contribution in [0.25, 0.3) is 11.0 Å². The summed E-state index contributed by atoms with van der Waals surface area (Å²) in [6.07, 6.45) is 1.97. The van der Waals surface area contributed by atoms with Crippen LogP contribution in [0, 0.1) is 0 Å². The first-order valence-electron chi connectivity index (χ1n) is 8.48. The van der Waals surface area contributed by atoms with Crippen LogP contribution in [0.15, 0.2) is 42.6 Å². The molecule has 0 radical (unpaired) electrons. The first-order valence-corrected chi connectivity index (χ1v) is 8.48. The van der Waals surface area contributed by atoms with Crippen molar-refractivity contribution in [3.63, 3.8) is 0 Å². The van der Waals surface area contributed by atoms with Crippen molar-refractivity contribution >= 4 is 22.8 Å². The van der Waals surface area contributed by atoms with E-state index in [-0.39, 0.29) is 18.2 Å². The number of amides is 2. The van der Waals surface area contributed by atoms with Crippen molar-refractivity contribution in [3.05, 3.63) is 53.9 Å². The Morgan fingerprint density at radius 1 is 0.962 bits per heavy atom. The van der Waals surface area contributed by atoms with E-state index in [1.165, 1.54) is 0 Å². The van der Waals surface area contributed by atoms with Crippen LogP contribution in [-0.4, -0.2) is 68.2 Å². The molecule has 0 spiro atoms. The summed E-state index contributed by atoms with van der Waals surface area (Å²) < 4.78 is 0. The van der Waals surface area contributed by atoms with Gasteiger partial charge in [0, 0.05) is 43.6 Å². The molecule has 1 aliphatic rings. The Morgan fingerprint density at radius 2 is 1.73 bits per heavy atom. The van der Waals surface area contributed by atoms with Gasteiger partial charge in [-0.25, -0.2) is 0 Å². The highest BCUT2D eigenvalue weighted by Gasteiger charge is 2.25. The molecular weight excluding hydrogens is 332 g/mol. The number of fused-ring (bicyclic) bond motifs is 1. The Morgan fingerprint density at radius 3 is 2.50 bits per heavy atom. The highest BCUT2D eigenvalue weighted by atomic mass is 16.2. The second kappa shape index (κ2) is 6.91. The molecule has 0 aliphatic carbocycles. The number of nitrogens with one attached hydrogen (secondary N) is 1. The summed E-state index contributed by atoms with van der Waals surface area (Å²) >= 11 is 0. The molecule has 1 aliphatic heterocycles. The standard InChI is InChI=1S/C18H18N6O2/c25-17(12-14-3-1-2-6-19-14)23-7-9-24(10-8-23)18(26)13-4-5-15-16(11-13)21-22-20-15/h1-6,11H,7-10,12H2,(H,20,21,22). The largest absolute Gasteiger partial charge is 0.339 e. The predicted octanol–water partition coefficient (Wildman–Crippen LogP) is 0.880. The lowest BCUT2D eigenvalue weighted by Gasteiger charge is -2.34. The number of piperazine rings is 1. The van der Waals surface area contributed by atoms with Gasteiger partial charge < -0.3 is 9.80 Å². The fraction of sp³-hybridized carbons (Fsp3) is 0.278. The zero-order valence-electron chi connectivity index (χ0n) is 14.1. The van der Waals surface area contributed by atoms with E-state index in [1.807, 2.05) is 18.2 Å². The molecule has 1 fully saturated rings. The Labute approximate surface area is 149 Å². The van der Waals surface area contributed by atoms with Crippen molar-refractivity contribution in [1.29, 1.82) is 0 Å². The summed E-state index contributed by atoms with van der Waals surface area (Å²) in [7, 11) is 0. The van der Waals surface area contributed by atoms with E-state index < -0.39 is 0 Å². The third kappa shape index (κ3) is 3.26. The number of carbonyl (C=O) groups is 2. The van der Waals surface area contributed by atoms with Crippen LogP contribution in [0.1, 0.15) is 16.1 Å². The first kappa shape index (κ1) is 16.2. The maximum Gasteiger partial charge on any atom is 0.254 e. The zero-order valence-corrected chi connectivity index (χ0v) is 14.1. The lowest BCUT2D eigenvalue weighted by molar-refractivity contribution is -0.132. The minimum atomic E-state index is -0.0493. The molecule has 3 aromatic rings. The van der Waals surface area contributed by atoms with Crippen molar-refractivity contribution in [2.24, 2.45) is 0 Å². The molecule has 0 bridgehead atoms. The van der Waals surface area contributed by atoms with Gasteiger partial charge in [-0.3, -0.25) is 14.6 Å². The molecule has 8 nitrogen and oxygen atoms in total. The number of aromatic amines is 1. The van der Waals surface area contributed by atoms with E-state index in [0.717, 1.165) is 11.2 Å². The second-order valence-electron chi connectivity index (χ2n) is 6.20. The fourth-order valence-electron chi connectivity index (χ4n) is 3.08. The number of aromatic nitrogens is 4. The molecule has 0 unspecified atom stereocenters. The molecule has 3 heterocycles. The summed E-state index contributed by atoms with van der Waals surface area (Å²) in [6, 6.07) is 10.8. The van der Waals surface area contributed by atoms with Gasteiger partial charge in [-0.2, -0.15) is 15.4 Å². The average molecular weight is 350 g/mol. The van der Waals surface area contributed by atoms with E-state index in [2.05, 4.69) is 20.4 Å². The quantitative estimate of drug-likeness (QED) is 0.757. The van der Waals surface area contributed by atoms with E-state index >= 15 is 0 Å². The smallest absolute Gasteiger partial charge is 0.254 e. The summed E-state index contributed by atoms with van der Waals surface area (Å²) in [5.74, 6) is -0.00783. The van der Waals surface area contributed by atoms with Crippen LogP contribution in [0.3, 0.4) is 0 Å². The van der Waals surface area contributed by atoms with Gasteiger partial charge in [0.25, 0.3) is 5.91 Å². The Bertz CT molecular complexity index is 931. The Kier molecular flexibility index (Phi) is 4.30. The van der Waals surface area contributed by atoms with Gasteiger partial charge in [0.15, 0.2) is 0 Å². The lowest BCUT2D eigenvalue weighted by Crippen LogP contribution is -2.51. The number of carbonyl (C=O) groups excluding carboxylic acids is 2. The minimum Gasteiger partial charge on any atom is -0.339 e. The molecule has 0 saturated carbocycles. The van der Waals surface area contributed by atoms with Crippen molar-refractivity contribution in [3.8, 4) is 0 Å². The van der Waals surface area contributed by atoms with Gasteiger partial charge in [0.1, 0.15) is 11.0 Å². The van der Waals surface area contributed by atoms with Crippen LogP contribution in [-0.2, 0) is 11.2 Å². The highest BCUT2D eigenvalue weighted by molar-refractivity contribution is 5.97. The van der Waals surface area contributed by atoms with Gasteiger partial charge in [0.2, 0.25) is 5.91 Å². The van der Waals surface area contributed by atoms with E-state index in [1.54, 1.807) is 34.2 Å². The number of benzene rings is 1. The van der Waals surface area contributed by atoms with Gasteiger partial charge in [-0.15, -0.1) is 0 Å². The molecule has 0 atom stereocenters. The van der Waals surface area contributed by atoms with E-state index in [4.69, 9.17) is 0 Å². The van der Waals surface area contributed by atoms with Gasteiger partial charge >= 0.3 is 0 Å². The van der Waals surface area contributed by atoms with E-state index in [9.17, 15) is 9.59 Å². The topological polar surface area (TPSA) is 95.1 Å². The number of H-pyrrole nitrogens is 1. The Hall–Kier alpha value is -3.29. The molecule has 1 N–H and O–H groups in total. The normalized spacial score (nSPS) is 14.6. The highest BCUT2D eigenvalue weighted by Crippen LogP contribution is 2.14. The van der Waals surface area contributed by atoms with Gasteiger partial charge in [-0.1, -0.05) is 6.07 Å². The Balaban J connectivity index is 1.36. The van der Waals surface area contributed by atoms with Crippen molar-refractivity contribution in [2.75, 3.05) is 26.2 Å². The summed E-state index contributed by atoms with van der Waals surface area (Å²) in [5, 5.41) is 10.5. The SMILES string of the molecule is O=C(Cc1ccccn1)N1CCN(C(=O)c2ccc3n[nH]nc3c2)CC1. The molecule has 4 rings (SSSR count). The third-order valence-corrected chi connectivity index (χ3v) is 4.54. The molecule has 2 amide bonds. The number of rotatable bonds is 3. The molecular formula is C18H18N6O2. The monoisotopic (exact) mass is 350 g/mol. The number of nitrogens with zero attached hydrogens (tertiary/aromatic N) is 5. The van der Waals surface area contributed by atoms with Gasteiger partial charge in [0.05, 0.1) is 6.42 Å². The minimum absolute atomic E-state index is 0.0415. The number of hydrogen-bond donors (Lipinski definition) is 1. The molecule has 8 heteroatoms. The average Bonchev–Trinajstić information content (AvgIpc) is 3.16.